The highest BCUT2D eigenvalue weighted by molar-refractivity contribution is 5.89. The Morgan fingerprint density at radius 2 is 2.03 bits per heavy atom. The number of hydrogen-bond acceptors (Lipinski definition) is 6. The molecule has 4 rings (SSSR count). The molecule has 4 heterocycles. The van der Waals surface area contributed by atoms with E-state index in [1.807, 2.05) is 41.2 Å². The number of urea groups is 1. The van der Waals surface area contributed by atoms with Crippen LogP contribution in [0.1, 0.15) is 40.0 Å². The first-order chi connectivity index (χ1) is 17.0. The molecule has 0 bridgehead atoms. The van der Waals surface area contributed by atoms with Crippen molar-refractivity contribution in [1.29, 1.82) is 5.26 Å². The predicted octanol–water partition coefficient (Wildman–Crippen LogP) is 3.26. The van der Waals surface area contributed by atoms with Crippen molar-refractivity contribution in [2.24, 2.45) is 5.92 Å². The quantitative estimate of drug-likeness (QED) is 0.457. The molecule has 1 saturated heterocycles. The third kappa shape index (κ3) is 5.98. The molecule has 0 radical (unpaired) electrons. The number of nitriles is 1. The lowest BCUT2D eigenvalue weighted by atomic mass is 10.1. The topological polar surface area (TPSA) is 119 Å². The lowest BCUT2D eigenvalue weighted by Crippen LogP contribution is -2.56. The second-order valence-corrected chi connectivity index (χ2v) is 9.62. The summed E-state index contributed by atoms with van der Waals surface area (Å²) in [6.45, 7) is 10.0. The molecular formula is C25H35N9O. The molecule has 3 aromatic rings. The minimum Gasteiger partial charge on any atom is -0.346 e. The van der Waals surface area contributed by atoms with Gasteiger partial charge in [-0.2, -0.15) is 10.4 Å². The number of unbranched alkanes of at least 4 members (excludes halogenated alkanes) is 1. The molecule has 2 N–H and O–H groups in total. The molecule has 2 atom stereocenters. The summed E-state index contributed by atoms with van der Waals surface area (Å²) < 4.78 is 1.97. The van der Waals surface area contributed by atoms with Crippen LogP contribution >= 0.6 is 0 Å². The molecule has 3 aromatic heterocycles. The van der Waals surface area contributed by atoms with Crippen molar-refractivity contribution >= 4 is 17.1 Å². The predicted molar refractivity (Wildman–Crippen MR) is 134 cm³/mol. The number of H-pyrrole nitrogens is 1. The van der Waals surface area contributed by atoms with Gasteiger partial charge in [0.1, 0.15) is 12.0 Å². The minimum atomic E-state index is 0.0181. The third-order valence-electron chi connectivity index (χ3n) is 6.95. The summed E-state index contributed by atoms with van der Waals surface area (Å²) in [6.07, 6.45) is 9.60. The van der Waals surface area contributed by atoms with Crippen molar-refractivity contribution in [1.82, 2.24) is 39.8 Å². The van der Waals surface area contributed by atoms with Crippen LogP contribution in [-0.4, -0.2) is 78.8 Å². The van der Waals surface area contributed by atoms with Crippen LogP contribution in [0.5, 0.6) is 0 Å². The molecule has 186 valence electrons. The zero-order valence-corrected chi connectivity index (χ0v) is 20.8. The van der Waals surface area contributed by atoms with Crippen molar-refractivity contribution in [3.8, 4) is 17.3 Å². The van der Waals surface area contributed by atoms with Crippen molar-refractivity contribution < 1.29 is 4.79 Å². The highest BCUT2D eigenvalue weighted by Gasteiger charge is 2.27. The van der Waals surface area contributed by atoms with E-state index in [-0.39, 0.29) is 18.1 Å². The van der Waals surface area contributed by atoms with Gasteiger partial charge >= 0.3 is 6.03 Å². The zero-order valence-electron chi connectivity index (χ0n) is 20.8. The van der Waals surface area contributed by atoms with Crippen molar-refractivity contribution in [2.75, 3.05) is 26.2 Å². The standard InChI is InChI=1S/C25H35N9O/c1-18(2)19(3)31-25(35)33-12-10-32(11-13-33)21(6-4-5-8-26)16-34-15-20(14-30-34)23-22-7-9-27-24(22)29-17-28-23/h7,9,14-15,17-19,21H,4-6,10-13,16H2,1-3H3,(H,31,35)(H,27,28,29)/t19-,21+/m1/s1. The fourth-order valence-corrected chi connectivity index (χ4v) is 4.45. The Balaban J connectivity index is 1.41. The Kier molecular flexibility index (Phi) is 7.98. The Bertz CT molecular complexity index is 1150. The van der Waals surface area contributed by atoms with Crippen molar-refractivity contribution in [3.63, 3.8) is 0 Å². The summed E-state index contributed by atoms with van der Waals surface area (Å²) in [7, 11) is 0. The Hall–Kier alpha value is -3.45. The lowest BCUT2D eigenvalue weighted by molar-refractivity contribution is 0.0922. The Labute approximate surface area is 206 Å². The monoisotopic (exact) mass is 477 g/mol. The van der Waals surface area contributed by atoms with Gasteiger partial charge in [-0.1, -0.05) is 13.8 Å². The molecule has 1 fully saturated rings. The summed E-state index contributed by atoms with van der Waals surface area (Å²) in [5, 5.41) is 17.7. The highest BCUT2D eigenvalue weighted by Crippen LogP contribution is 2.24. The van der Waals surface area contributed by atoms with Gasteiger partial charge in [0.2, 0.25) is 0 Å². The number of aromatic amines is 1. The van der Waals surface area contributed by atoms with E-state index in [2.05, 4.69) is 50.2 Å². The van der Waals surface area contributed by atoms with Crippen LogP contribution in [0.25, 0.3) is 22.3 Å². The molecule has 10 heteroatoms. The van der Waals surface area contributed by atoms with E-state index in [0.29, 0.717) is 25.4 Å². The largest absolute Gasteiger partial charge is 0.346 e. The van der Waals surface area contributed by atoms with Gasteiger partial charge in [-0.25, -0.2) is 14.8 Å². The first kappa shape index (κ1) is 24.7. The first-order valence-corrected chi connectivity index (χ1v) is 12.4. The third-order valence-corrected chi connectivity index (χ3v) is 6.95. The summed E-state index contributed by atoms with van der Waals surface area (Å²) in [6, 6.07) is 4.65. The molecule has 0 unspecified atom stereocenters. The van der Waals surface area contributed by atoms with Crippen LogP contribution in [0.2, 0.25) is 0 Å². The molecule has 2 amide bonds. The summed E-state index contributed by atoms with van der Waals surface area (Å²) in [4.78, 5) is 28.8. The van der Waals surface area contributed by atoms with E-state index in [1.165, 1.54) is 0 Å². The van der Waals surface area contributed by atoms with Gasteiger partial charge in [-0.15, -0.1) is 0 Å². The van der Waals surface area contributed by atoms with Gasteiger partial charge in [-0.3, -0.25) is 9.58 Å². The van der Waals surface area contributed by atoms with E-state index in [0.717, 1.165) is 54.8 Å². The van der Waals surface area contributed by atoms with Gasteiger partial charge in [0.15, 0.2) is 0 Å². The molecule has 0 saturated carbocycles. The lowest BCUT2D eigenvalue weighted by Gasteiger charge is -2.39. The Morgan fingerprint density at radius 1 is 1.23 bits per heavy atom. The van der Waals surface area contributed by atoms with Gasteiger partial charge in [0.05, 0.1) is 24.5 Å². The van der Waals surface area contributed by atoms with E-state index in [4.69, 9.17) is 5.26 Å². The van der Waals surface area contributed by atoms with Crippen LogP contribution in [-0.2, 0) is 6.54 Å². The number of carbonyl (C=O) groups excluding carboxylic acids is 1. The normalized spacial score (nSPS) is 16.4. The van der Waals surface area contributed by atoms with E-state index in [1.54, 1.807) is 6.33 Å². The number of nitrogens with one attached hydrogen (secondary N) is 2. The number of aromatic nitrogens is 5. The average molecular weight is 478 g/mol. The zero-order chi connectivity index (χ0) is 24.8. The maximum Gasteiger partial charge on any atom is 0.317 e. The fraction of sp³-hybridized carbons (Fsp3) is 0.560. The maximum absolute atomic E-state index is 12.6. The smallest absolute Gasteiger partial charge is 0.317 e. The molecule has 0 aromatic carbocycles. The number of nitrogens with zero attached hydrogens (tertiary/aromatic N) is 7. The summed E-state index contributed by atoms with van der Waals surface area (Å²) >= 11 is 0. The first-order valence-electron chi connectivity index (χ1n) is 12.4. The van der Waals surface area contributed by atoms with Crippen LogP contribution in [0.3, 0.4) is 0 Å². The summed E-state index contributed by atoms with van der Waals surface area (Å²) in [5.41, 5.74) is 2.62. The van der Waals surface area contributed by atoms with E-state index in [9.17, 15) is 4.79 Å². The van der Waals surface area contributed by atoms with Gasteiger partial charge in [0.25, 0.3) is 0 Å². The van der Waals surface area contributed by atoms with Crippen LogP contribution in [0, 0.1) is 17.2 Å². The van der Waals surface area contributed by atoms with Crippen molar-refractivity contribution in [3.05, 3.63) is 31.0 Å². The minimum absolute atomic E-state index is 0.0181. The second kappa shape index (κ2) is 11.3. The number of hydrogen-bond donors (Lipinski definition) is 2. The number of fused-ring (bicyclic) bond motifs is 1. The van der Waals surface area contributed by atoms with Crippen LogP contribution < -0.4 is 5.32 Å². The van der Waals surface area contributed by atoms with E-state index < -0.39 is 0 Å². The SMILES string of the molecule is CC(C)[C@@H](C)NC(=O)N1CCN([C@@H](CCCC#N)Cn2cc(-c3ncnc4[nH]ccc34)cn2)CC1. The molecule has 0 aliphatic carbocycles. The fourth-order valence-electron chi connectivity index (χ4n) is 4.45. The highest BCUT2D eigenvalue weighted by atomic mass is 16.2. The number of piperazine rings is 1. The number of amides is 2. The number of carbonyl (C=O) groups is 1. The molecule has 1 aliphatic rings. The maximum atomic E-state index is 12.6. The molecular weight excluding hydrogens is 442 g/mol. The van der Waals surface area contributed by atoms with Gasteiger partial charge in [0, 0.05) is 68.0 Å². The second-order valence-electron chi connectivity index (χ2n) is 9.62. The van der Waals surface area contributed by atoms with Gasteiger partial charge in [-0.05, 0) is 31.7 Å². The number of rotatable bonds is 9. The molecule has 1 aliphatic heterocycles. The summed E-state index contributed by atoms with van der Waals surface area (Å²) in [5.74, 6) is 0.402. The molecule has 10 nitrogen and oxygen atoms in total. The Morgan fingerprint density at radius 3 is 2.77 bits per heavy atom. The molecule has 0 spiro atoms. The van der Waals surface area contributed by atoms with Gasteiger partial charge < -0.3 is 15.2 Å². The van der Waals surface area contributed by atoms with Crippen molar-refractivity contribution in [2.45, 2.75) is 58.7 Å². The van der Waals surface area contributed by atoms with E-state index >= 15 is 0 Å². The molecule has 35 heavy (non-hydrogen) atoms. The van der Waals surface area contributed by atoms with Crippen LogP contribution in [0.15, 0.2) is 31.0 Å². The van der Waals surface area contributed by atoms with Crippen LogP contribution in [0.4, 0.5) is 4.79 Å². The average Bonchev–Trinajstić information content (AvgIpc) is 3.53.